The first-order chi connectivity index (χ1) is 5.45. The van der Waals surface area contributed by atoms with Gasteiger partial charge in [0.05, 0.1) is 0 Å². The summed E-state index contributed by atoms with van der Waals surface area (Å²) in [5, 5.41) is 8.33. The molecular weight excluding hydrogens is 170 g/mol. The Morgan fingerprint density at radius 3 is 2.42 bits per heavy atom. The number of carboxylic acid groups (broad SMARTS) is 1. The topological polar surface area (TPSA) is 89.3 Å². The van der Waals surface area contributed by atoms with E-state index in [0.717, 1.165) is 6.08 Å². The molecule has 6 heteroatoms. The third kappa shape index (κ3) is 2.24. The quantitative estimate of drug-likeness (QED) is 0.511. The van der Waals surface area contributed by atoms with Crippen molar-refractivity contribution in [3.05, 3.63) is 12.2 Å². The van der Waals surface area contributed by atoms with Crippen LogP contribution < -0.4 is 11.5 Å². The summed E-state index contributed by atoms with van der Waals surface area (Å²) < 4.78 is 24.1. The number of aliphatic carboxylic acids is 1. The van der Waals surface area contributed by atoms with Gasteiger partial charge in [0.25, 0.3) is 6.43 Å². The molecule has 0 saturated carbocycles. The van der Waals surface area contributed by atoms with Gasteiger partial charge in [-0.05, 0) is 0 Å². The van der Waals surface area contributed by atoms with Gasteiger partial charge in [-0.3, -0.25) is 0 Å². The molecule has 4 nitrogen and oxygen atoms in total. The molecule has 0 spiro atoms. The van der Waals surface area contributed by atoms with Gasteiger partial charge in [-0.25, -0.2) is 13.6 Å². The Bertz CT molecular complexity index is 196. The van der Waals surface area contributed by atoms with E-state index in [-0.39, 0.29) is 6.54 Å². The number of carbonyl (C=O) groups is 1. The lowest BCUT2D eigenvalue weighted by Crippen LogP contribution is -2.52. The minimum absolute atomic E-state index is 0.0288. The van der Waals surface area contributed by atoms with Gasteiger partial charge in [-0.15, -0.1) is 0 Å². The van der Waals surface area contributed by atoms with Crippen LogP contribution in [0.1, 0.15) is 0 Å². The van der Waals surface area contributed by atoms with Crippen molar-refractivity contribution >= 4 is 5.97 Å². The molecule has 0 fully saturated rings. The van der Waals surface area contributed by atoms with E-state index in [9.17, 15) is 13.6 Å². The van der Waals surface area contributed by atoms with E-state index in [1.54, 1.807) is 0 Å². The van der Waals surface area contributed by atoms with Crippen molar-refractivity contribution in [3.63, 3.8) is 0 Å². The van der Waals surface area contributed by atoms with Crippen LogP contribution >= 0.6 is 0 Å². The summed E-state index contributed by atoms with van der Waals surface area (Å²) in [6.45, 7) is -0.0288. The Labute approximate surface area is 67.8 Å². The Balaban J connectivity index is 4.63. The molecule has 0 aromatic heterocycles. The van der Waals surface area contributed by atoms with Crippen LogP contribution in [0.5, 0.6) is 0 Å². The fraction of sp³-hybridized carbons (Fsp3) is 0.500. The van der Waals surface area contributed by atoms with E-state index < -0.39 is 17.9 Å². The predicted octanol–water partition coefficient (Wildman–Crippen LogP) is -0.452. The van der Waals surface area contributed by atoms with Gasteiger partial charge >= 0.3 is 5.97 Å². The van der Waals surface area contributed by atoms with Crippen LogP contribution in [0.3, 0.4) is 0 Å². The molecule has 0 aliphatic rings. The zero-order valence-corrected chi connectivity index (χ0v) is 6.21. The van der Waals surface area contributed by atoms with Crippen LogP contribution in [0.4, 0.5) is 8.78 Å². The van der Waals surface area contributed by atoms with E-state index in [2.05, 4.69) is 0 Å². The highest BCUT2D eigenvalue weighted by molar-refractivity contribution is 5.81. The number of halogens is 2. The first-order valence-electron chi connectivity index (χ1n) is 3.13. The number of hydrogen-bond donors (Lipinski definition) is 3. The molecule has 0 aromatic rings. The lowest BCUT2D eigenvalue weighted by atomic mass is 10.0. The highest BCUT2D eigenvalue weighted by Crippen LogP contribution is 2.14. The van der Waals surface area contributed by atoms with E-state index in [1.165, 1.54) is 0 Å². The number of nitrogens with two attached hydrogens (primary N) is 2. The van der Waals surface area contributed by atoms with Crippen LogP contribution in [0.2, 0.25) is 0 Å². The van der Waals surface area contributed by atoms with Crippen molar-refractivity contribution in [3.8, 4) is 0 Å². The van der Waals surface area contributed by atoms with Crippen LogP contribution in [0, 0.1) is 0 Å². The monoisotopic (exact) mass is 180 g/mol. The maximum absolute atomic E-state index is 12.1. The van der Waals surface area contributed by atoms with Crippen molar-refractivity contribution in [2.24, 2.45) is 11.5 Å². The van der Waals surface area contributed by atoms with E-state index >= 15 is 0 Å². The minimum Gasteiger partial charge on any atom is -0.479 e. The predicted molar refractivity (Wildman–Crippen MR) is 38.8 cm³/mol. The number of alkyl halides is 2. The standard InChI is InChI=1S/C6H10F2N2O2/c7-4(8)6(10,5(11)12)2-1-3-9/h1-2,4H,3,9-10H2,(H,11,12). The fourth-order valence-electron chi connectivity index (χ4n) is 0.500. The second-order valence-electron chi connectivity index (χ2n) is 2.18. The lowest BCUT2D eigenvalue weighted by Gasteiger charge is -2.18. The molecule has 0 amide bonds. The molecule has 0 aromatic carbocycles. The highest BCUT2D eigenvalue weighted by Gasteiger charge is 2.41. The Hall–Kier alpha value is -1.01. The van der Waals surface area contributed by atoms with Gasteiger partial charge in [0.2, 0.25) is 0 Å². The first-order valence-corrected chi connectivity index (χ1v) is 3.13. The Morgan fingerprint density at radius 1 is 1.67 bits per heavy atom. The van der Waals surface area contributed by atoms with Crippen molar-refractivity contribution in [2.45, 2.75) is 12.0 Å². The van der Waals surface area contributed by atoms with Crippen LogP contribution in [0.25, 0.3) is 0 Å². The van der Waals surface area contributed by atoms with Crippen LogP contribution in [0.15, 0.2) is 12.2 Å². The molecule has 0 heterocycles. The lowest BCUT2D eigenvalue weighted by molar-refractivity contribution is -0.146. The fourth-order valence-corrected chi connectivity index (χ4v) is 0.500. The van der Waals surface area contributed by atoms with Gasteiger partial charge in [0, 0.05) is 6.54 Å². The van der Waals surface area contributed by atoms with E-state index in [0.29, 0.717) is 6.08 Å². The third-order valence-electron chi connectivity index (χ3n) is 1.26. The van der Waals surface area contributed by atoms with Crippen LogP contribution in [-0.4, -0.2) is 29.6 Å². The second kappa shape index (κ2) is 4.13. The zero-order chi connectivity index (χ0) is 9.78. The molecule has 70 valence electrons. The normalized spacial score (nSPS) is 16.8. The molecular formula is C6H10F2N2O2. The number of rotatable bonds is 4. The zero-order valence-electron chi connectivity index (χ0n) is 6.21. The van der Waals surface area contributed by atoms with Crippen molar-refractivity contribution < 1.29 is 18.7 Å². The molecule has 0 saturated heterocycles. The first kappa shape index (κ1) is 11.0. The number of hydrogen-bond acceptors (Lipinski definition) is 3. The molecule has 5 N–H and O–H groups in total. The van der Waals surface area contributed by atoms with Crippen molar-refractivity contribution in [2.75, 3.05) is 6.54 Å². The van der Waals surface area contributed by atoms with Gasteiger partial charge in [-0.1, -0.05) is 12.2 Å². The molecule has 0 radical (unpaired) electrons. The summed E-state index contributed by atoms with van der Waals surface area (Å²) in [6, 6.07) is 0. The molecule has 1 atom stereocenters. The van der Waals surface area contributed by atoms with E-state index in [1.807, 2.05) is 0 Å². The second-order valence-corrected chi connectivity index (χ2v) is 2.18. The average molecular weight is 180 g/mol. The summed E-state index contributed by atoms with van der Waals surface area (Å²) in [5.41, 5.74) is 7.21. The summed E-state index contributed by atoms with van der Waals surface area (Å²) >= 11 is 0. The van der Waals surface area contributed by atoms with Gasteiger partial charge in [-0.2, -0.15) is 0 Å². The van der Waals surface area contributed by atoms with Gasteiger partial charge in [0.15, 0.2) is 5.54 Å². The van der Waals surface area contributed by atoms with Crippen molar-refractivity contribution in [1.82, 2.24) is 0 Å². The largest absolute Gasteiger partial charge is 0.479 e. The third-order valence-corrected chi connectivity index (χ3v) is 1.26. The van der Waals surface area contributed by atoms with Crippen molar-refractivity contribution in [1.29, 1.82) is 0 Å². The molecule has 0 rings (SSSR count). The SMILES string of the molecule is NCC=CC(N)(C(=O)O)C(F)F. The van der Waals surface area contributed by atoms with Gasteiger partial charge < -0.3 is 16.6 Å². The molecule has 1 unspecified atom stereocenters. The molecule has 0 aliphatic carbocycles. The smallest absolute Gasteiger partial charge is 0.333 e. The summed E-state index contributed by atoms with van der Waals surface area (Å²) in [4.78, 5) is 10.3. The summed E-state index contributed by atoms with van der Waals surface area (Å²) in [7, 11) is 0. The van der Waals surface area contributed by atoms with E-state index in [4.69, 9.17) is 16.6 Å². The molecule has 12 heavy (non-hydrogen) atoms. The van der Waals surface area contributed by atoms with Gasteiger partial charge in [0.1, 0.15) is 0 Å². The molecule has 0 aliphatic heterocycles. The average Bonchev–Trinajstić information content (AvgIpc) is 1.99. The Morgan fingerprint density at radius 2 is 2.17 bits per heavy atom. The molecule has 0 bridgehead atoms. The Kier molecular flexibility index (Phi) is 3.78. The maximum Gasteiger partial charge on any atom is 0.333 e. The summed E-state index contributed by atoms with van der Waals surface area (Å²) in [6.07, 6.45) is -1.38. The maximum atomic E-state index is 12.1. The summed E-state index contributed by atoms with van der Waals surface area (Å²) in [5.74, 6) is -1.78. The number of carboxylic acids is 1. The highest BCUT2D eigenvalue weighted by atomic mass is 19.3. The van der Waals surface area contributed by atoms with Crippen LogP contribution in [-0.2, 0) is 4.79 Å². The minimum atomic E-state index is -3.15.